The second kappa shape index (κ2) is 7.08. The molecule has 0 radical (unpaired) electrons. The molecule has 0 aliphatic carbocycles. The minimum Gasteiger partial charge on any atom is -0.351 e. The average Bonchev–Trinajstić information content (AvgIpc) is 3.00. The Morgan fingerprint density at radius 2 is 1.85 bits per heavy atom. The van der Waals surface area contributed by atoms with Gasteiger partial charge in [-0.15, -0.1) is 0 Å². The summed E-state index contributed by atoms with van der Waals surface area (Å²) in [6.45, 7) is 1.77. The van der Waals surface area contributed by atoms with Gasteiger partial charge in [-0.3, -0.25) is 4.79 Å². The van der Waals surface area contributed by atoms with E-state index in [1.807, 2.05) is 42.1 Å². The van der Waals surface area contributed by atoms with E-state index in [1.165, 1.54) is 18.2 Å². The third-order valence-corrected chi connectivity index (χ3v) is 4.65. The minimum absolute atomic E-state index is 0.243. The minimum atomic E-state index is -4.57. The number of fused-ring (bicyclic) bond motifs is 1. The van der Waals surface area contributed by atoms with Crippen molar-refractivity contribution in [2.75, 3.05) is 0 Å². The van der Waals surface area contributed by atoms with Gasteiger partial charge in [0.05, 0.1) is 11.6 Å². The molecule has 27 heavy (non-hydrogen) atoms. The van der Waals surface area contributed by atoms with Crippen molar-refractivity contribution in [3.05, 3.63) is 71.4 Å². The number of alkyl halides is 3. The van der Waals surface area contributed by atoms with E-state index in [1.54, 1.807) is 6.92 Å². The summed E-state index contributed by atoms with van der Waals surface area (Å²) >= 11 is 0. The Balaban J connectivity index is 1.81. The molecule has 3 aromatic rings. The molecule has 0 aliphatic rings. The van der Waals surface area contributed by atoms with Crippen molar-refractivity contribution >= 4 is 16.8 Å². The molecule has 0 aliphatic heterocycles. The van der Waals surface area contributed by atoms with E-state index in [2.05, 4.69) is 5.32 Å². The van der Waals surface area contributed by atoms with E-state index in [-0.39, 0.29) is 5.56 Å². The first-order chi connectivity index (χ1) is 12.7. The molecule has 2 atom stereocenters. The van der Waals surface area contributed by atoms with Gasteiger partial charge in [-0.05, 0) is 41.6 Å². The molecule has 1 amide bonds. The van der Waals surface area contributed by atoms with Crippen LogP contribution < -0.4 is 11.1 Å². The van der Waals surface area contributed by atoms with Crippen molar-refractivity contribution in [1.82, 2.24) is 9.88 Å². The Labute approximate surface area is 154 Å². The number of halogens is 3. The SMILES string of the molecule is CC(NC(=O)C(N)c1ccccc1C(F)(F)F)c1ccc2ccn(C)c2c1. The highest BCUT2D eigenvalue weighted by Crippen LogP contribution is 2.34. The molecular weight excluding hydrogens is 355 g/mol. The standard InChI is InChI=1S/C20H20F3N3O/c1-12(14-8-7-13-9-10-26(2)17(13)11-14)25-19(27)18(24)15-5-3-4-6-16(15)20(21,22)23/h3-12,18H,24H2,1-2H3,(H,25,27). The second-order valence-electron chi connectivity index (χ2n) is 6.54. The number of nitrogens with zero attached hydrogens (tertiary/aromatic N) is 1. The monoisotopic (exact) mass is 375 g/mol. The average molecular weight is 375 g/mol. The van der Waals surface area contributed by atoms with E-state index in [4.69, 9.17) is 5.73 Å². The molecular formula is C20H20F3N3O. The lowest BCUT2D eigenvalue weighted by atomic mass is 9.99. The van der Waals surface area contributed by atoms with Gasteiger partial charge in [-0.2, -0.15) is 13.2 Å². The van der Waals surface area contributed by atoms with E-state index >= 15 is 0 Å². The number of nitrogens with two attached hydrogens (primary N) is 1. The Morgan fingerprint density at radius 3 is 2.56 bits per heavy atom. The highest BCUT2D eigenvalue weighted by atomic mass is 19.4. The number of carbonyl (C=O) groups excluding carboxylic acids is 1. The van der Waals surface area contributed by atoms with E-state index in [0.29, 0.717) is 0 Å². The van der Waals surface area contributed by atoms with Gasteiger partial charge in [0.15, 0.2) is 0 Å². The number of nitrogens with one attached hydrogen (secondary N) is 1. The molecule has 0 bridgehead atoms. The second-order valence-corrected chi connectivity index (χ2v) is 6.54. The van der Waals surface area contributed by atoms with Crippen molar-refractivity contribution in [3.63, 3.8) is 0 Å². The van der Waals surface area contributed by atoms with Crippen LogP contribution in [0.5, 0.6) is 0 Å². The fourth-order valence-corrected chi connectivity index (χ4v) is 3.10. The summed E-state index contributed by atoms with van der Waals surface area (Å²) in [6.07, 6.45) is -2.64. The van der Waals surface area contributed by atoms with Gasteiger partial charge in [0.1, 0.15) is 6.04 Å². The number of amides is 1. The van der Waals surface area contributed by atoms with Gasteiger partial charge < -0.3 is 15.6 Å². The number of carbonyl (C=O) groups is 1. The van der Waals surface area contributed by atoms with E-state index in [0.717, 1.165) is 22.5 Å². The zero-order valence-electron chi connectivity index (χ0n) is 14.9. The Hall–Kier alpha value is -2.80. The number of aryl methyl sites for hydroxylation is 1. The lowest BCUT2D eigenvalue weighted by Crippen LogP contribution is -2.36. The molecule has 0 saturated carbocycles. The summed E-state index contributed by atoms with van der Waals surface area (Å²) in [5.74, 6) is -0.661. The molecule has 7 heteroatoms. The Morgan fingerprint density at radius 1 is 1.15 bits per heavy atom. The first-order valence-electron chi connectivity index (χ1n) is 8.45. The molecule has 142 valence electrons. The number of aromatic nitrogens is 1. The van der Waals surface area contributed by atoms with Gasteiger partial charge >= 0.3 is 6.18 Å². The summed E-state index contributed by atoms with van der Waals surface area (Å²) in [5, 5.41) is 3.77. The molecule has 2 unspecified atom stereocenters. The third-order valence-electron chi connectivity index (χ3n) is 4.65. The van der Waals surface area contributed by atoms with Crippen molar-refractivity contribution < 1.29 is 18.0 Å². The maximum absolute atomic E-state index is 13.2. The fraction of sp³-hybridized carbons (Fsp3) is 0.250. The molecule has 0 saturated heterocycles. The maximum atomic E-state index is 13.2. The molecule has 4 nitrogen and oxygen atoms in total. The summed E-state index contributed by atoms with van der Waals surface area (Å²) in [4.78, 5) is 12.5. The number of rotatable bonds is 4. The van der Waals surface area contributed by atoms with Crippen molar-refractivity contribution in [2.24, 2.45) is 12.8 Å². The number of hydrogen-bond donors (Lipinski definition) is 2. The zero-order chi connectivity index (χ0) is 19.8. The van der Waals surface area contributed by atoms with Crippen LogP contribution in [0.3, 0.4) is 0 Å². The predicted octanol–water partition coefficient (Wildman–Crippen LogP) is 4.07. The maximum Gasteiger partial charge on any atom is 0.416 e. The predicted molar refractivity (Wildman–Crippen MR) is 97.8 cm³/mol. The molecule has 0 fully saturated rings. The normalized spacial score (nSPS) is 14.1. The smallest absolute Gasteiger partial charge is 0.351 e. The van der Waals surface area contributed by atoms with Crippen molar-refractivity contribution in [1.29, 1.82) is 0 Å². The third kappa shape index (κ3) is 3.83. The van der Waals surface area contributed by atoms with E-state index in [9.17, 15) is 18.0 Å². The van der Waals surface area contributed by atoms with Crippen molar-refractivity contribution in [2.45, 2.75) is 25.2 Å². The summed E-state index contributed by atoms with van der Waals surface area (Å²) in [7, 11) is 1.92. The largest absolute Gasteiger partial charge is 0.416 e. The number of hydrogen-bond acceptors (Lipinski definition) is 2. The summed E-state index contributed by atoms with van der Waals surface area (Å²) in [6, 6.07) is 10.8. The van der Waals surface area contributed by atoms with Crippen LogP contribution in [0.4, 0.5) is 13.2 Å². The van der Waals surface area contributed by atoms with Crippen molar-refractivity contribution in [3.8, 4) is 0 Å². The Bertz CT molecular complexity index is 978. The summed E-state index contributed by atoms with van der Waals surface area (Å²) in [5.41, 5.74) is 6.55. The van der Waals surface area contributed by atoms with Gasteiger partial charge in [0, 0.05) is 18.8 Å². The van der Waals surface area contributed by atoms with Crippen LogP contribution in [0.1, 0.15) is 35.7 Å². The number of benzene rings is 2. The van der Waals surface area contributed by atoms with Crippen LogP contribution in [0.15, 0.2) is 54.7 Å². The van der Waals surface area contributed by atoms with Crippen LogP contribution in [-0.2, 0) is 18.0 Å². The molecule has 3 rings (SSSR count). The first kappa shape index (κ1) is 19.0. The van der Waals surface area contributed by atoms with Gasteiger partial charge in [0.2, 0.25) is 5.91 Å². The highest BCUT2D eigenvalue weighted by Gasteiger charge is 2.35. The highest BCUT2D eigenvalue weighted by molar-refractivity contribution is 5.84. The molecule has 1 aromatic heterocycles. The van der Waals surface area contributed by atoms with E-state index < -0.39 is 29.7 Å². The van der Waals surface area contributed by atoms with Crippen LogP contribution in [0.25, 0.3) is 10.9 Å². The van der Waals surface area contributed by atoms with Crippen LogP contribution in [0.2, 0.25) is 0 Å². The first-order valence-corrected chi connectivity index (χ1v) is 8.45. The topological polar surface area (TPSA) is 60.1 Å². The summed E-state index contributed by atoms with van der Waals surface area (Å²) < 4.78 is 41.5. The van der Waals surface area contributed by atoms with Gasteiger partial charge in [-0.1, -0.05) is 30.3 Å². The Kier molecular flexibility index (Phi) is 4.97. The molecule has 0 spiro atoms. The van der Waals surface area contributed by atoms with Gasteiger partial charge in [-0.25, -0.2) is 0 Å². The van der Waals surface area contributed by atoms with Crippen LogP contribution in [-0.4, -0.2) is 10.5 Å². The van der Waals surface area contributed by atoms with Crippen LogP contribution >= 0.6 is 0 Å². The molecule has 1 heterocycles. The van der Waals surface area contributed by atoms with Crippen LogP contribution in [0, 0.1) is 0 Å². The zero-order valence-corrected chi connectivity index (χ0v) is 14.9. The van der Waals surface area contributed by atoms with Gasteiger partial charge in [0.25, 0.3) is 0 Å². The molecule has 2 aromatic carbocycles. The lowest BCUT2D eigenvalue weighted by molar-refractivity contribution is -0.138. The lowest BCUT2D eigenvalue weighted by Gasteiger charge is -2.21. The molecule has 3 N–H and O–H groups in total. The quantitative estimate of drug-likeness (QED) is 0.722. The fourth-order valence-electron chi connectivity index (χ4n) is 3.10.